The Morgan fingerprint density at radius 1 is 1.44 bits per heavy atom. The van der Waals surface area contributed by atoms with Crippen LogP contribution >= 0.6 is 22.0 Å². The predicted octanol–water partition coefficient (Wildman–Crippen LogP) is 2.84. The van der Waals surface area contributed by atoms with E-state index in [1.54, 1.807) is 6.07 Å². The Hall–Kier alpha value is -1.16. The monoisotopic (exact) mass is 275 g/mol. The van der Waals surface area contributed by atoms with Crippen molar-refractivity contribution >= 4 is 41.2 Å². The minimum absolute atomic E-state index is 0.102. The second-order valence-electron chi connectivity index (χ2n) is 2.92. The first kappa shape index (κ1) is 11.3. The molecule has 0 spiro atoms. The van der Waals surface area contributed by atoms with Gasteiger partial charge in [0.25, 0.3) is 9.05 Å². The summed E-state index contributed by atoms with van der Waals surface area (Å²) in [5, 5.41) is 8.68. The fraction of sp³-hybridized carbons (Fsp3) is 0. The van der Waals surface area contributed by atoms with Gasteiger partial charge in [-0.15, -0.1) is 11.3 Å². The van der Waals surface area contributed by atoms with Crippen molar-refractivity contribution in [2.24, 2.45) is 0 Å². The quantitative estimate of drug-likeness (QED) is 0.752. The molecule has 0 unspecified atom stereocenters. The van der Waals surface area contributed by atoms with Crippen molar-refractivity contribution in [3.05, 3.63) is 28.9 Å². The van der Waals surface area contributed by atoms with Gasteiger partial charge in [-0.2, -0.15) is 5.26 Å². The van der Waals surface area contributed by atoms with Gasteiger partial charge in [-0.1, -0.05) is 6.07 Å². The molecule has 1 aromatic heterocycles. The van der Waals surface area contributed by atoms with E-state index in [4.69, 9.17) is 15.9 Å². The Morgan fingerprint density at radius 3 is 2.69 bits per heavy atom. The minimum atomic E-state index is -4.13. The summed E-state index contributed by atoms with van der Waals surface area (Å²) >= 11 is 0.900. The molecule has 7 heteroatoms. The molecule has 2 rings (SSSR count). The van der Waals surface area contributed by atoms with Crippen LogP contribution in [0, 0.1) is 17.1 Å². The van der Waals surface area contributed by atoms with Gasteiger partial charge >= 0.3 is 0 Å². The molecule has 0 amide bonds. The molecule has 0 saturated heterocycles. The zero-order chi connectivity index (χ0) is 11.9. The van der Waals surface area contributed by atoms with Crippen LogP contribution in [0.2, 0.25) is 0 Å². The normalized spacial score (nSPS) is 11.6. The van der Waals surface area contributed by atoms with Gasteiger partial charge in [0.05, 0.1) is 0 Å². The van der Waals surface area contributed by atoms with Crippen LogP contribution < -0.4 is 0 Å². The van der Waals surface area contributed by atoms with Gasteiger partial charge in [-0.25, -0.2) is 12.8 Å². The standard InChI is InChI=1S/C9H3ClFNO2S2/c10-16(13,14)9-7(4-12)15-6-3-1-2-5(11)8(6)9/h1-3H. The van der Waals surface area contributed by atoms with Crippen LogP contribution in [0.15, 0.2) is 23.1 Å². The summed E-state index contributed by atoms with van der Waals surface area (Å²) in [4.78, 5) is -0.537. The van der Waals surface area contributed by atoms with Gasteiger partial charge in [0.15, 0.2) is 0 Å². The molecule has 3 nitrogen and oxygen atoms in total. The van der Waals surface area contributed by atoms with E-state index in [0.29, 0.717) is 4.70 Å². The summed E-state index contributed by atoms with van der Waals surface area (Å²) in [6.45, 7) is 0. The molecule has 0 N–H and O–H groups in total. The highest BCUT2D eigenvalue weighted by molar-refractivity contribution is 8.14. The van der Waals surface area contributed by atoms with Gasteiger partial charge in [0.1, 0.15) is 21.7 Å². The van der Waals surface area contributed by atoms with E-state index in [-0.39, 0.29) is 10.3 Å². The second-order valence-corrected chi connectivity index (χ2v) is 6.48. The highest BCUT2D eigenvalue weighted by atomic mass is 35.7. The third-order valence-corrected chi connectivity index (χ3v) is 4.51. The van der Waals surface area contributed by atoms with E-state index in [2.05, 4.69) is 0 Å². The van der Waals surface area contributed by atoms with Crippen molar-refractivity contribution < 1.29 is 12.8 Å². The van der Waals surface area contributed by atoms with Crippen LogP contribution in [0.5, 0.6) is 0 Å². The van der Waals surface area contributed by atoms with Gasteiger partial charge in [0.2, 0.25) is 0 Å². The van der Waals surface area contributed by atoms with Crippen LogP contribution in [0.3, 0.4) is 0 Å². The van der Waals surface area contributed by atoms with Crippen molar-refractivity contribution in [2.45, 2.75) is 4.90 Å². The topological polar surface area (TPSA) is 57.9 Å². The molecule has 1 heterocycles. The fourth-order valence-corrected chi connectivity index (χ4v) is 4.13. The number of hydrogen-bond donors (Lipinski definition) is 0. The first-order valence-electron chi connectivity index (χ1n) is 4.01. The summed E-state index contributed by atoms with van der Waals surface area (Å²) < 4.78 is 36.5. The zero-order valence-corrected chi connectivity index (χ0v) is 9.96. The number of benzene rings is 1. The van der Waals surface area contributed by atoms with E-state index in [9.17, 15) is 12.8 Å². The zero-order valence-electron chi connectivity index (χ0n) is 7.57. The van der Waals surface area contributed by atoms with Gasteiger partial charge in [-0.05, 0) is 12.1 Å². The first-order valence-corrected chi connectivity index (χ1v) is 7.13. The average molecular weight is 276 g/mol. The number of halogens is 2. The molecule has 0 aliphatic heterocycles. The molecule has 0 atom stereocenters. The van der Waals surface area contributed by atoms with E-state index >= 15 is 0 Å². The summed E-state index contributed by atoms with van der Waals surface area (Å²) in [5.74, 6) is -0.700. The molecule has 0 fully saturated rings. The maximum absolute atomic E-state index is 13.5. The molecule has 16 heavy (non-hydrogen) atoms. The van der Waals surface area contributed by atoms with Crippen molar-refractivity contribution in [1.82, 2.24) is 0 Å². The van der Waals surface area contributed by atoms with E-state index in [1.807, 2.05) is 0 Å². The van der Waals surface area contributed by atoms with E-state index < -0.39 is 19.8 Å². The molecular weight excluding hydrogens is 273 g/mol. The summed E-state index contributed by atoms with van der Waals surface area (Å²) in [5.41, 5.74) is 0. The highest BCUT2D eigenvalue weighted by Crippen LogP contribution is 2.37. The van der Waals surface area contributed by atoms with E-state index in [0.717, 1.165) is 17.4 Å². The maximum atomic E-state index is 13.5. The predicted molar refractivity (Wildman–Crippen MR) is 59.5 cm³/mol. The van der Waals surface area contributed by atoms with Crippen molar-refractivity contribution in [3.63, 3.8) is 0 Å². The third-order valence-electron chi connectivity index (χ3n) is 1.97. The molecule has 0 aliphatic rings. The Morgan fingerprint density at radius 2 is 2.12 bits per heavy atom. The third kappa shape index (κ3) is 1.67. The average Bonchev–Trinajstić information content (AvgIpc) is 2.57. The van der Waals surface area contributed by atoms with Crippen molar-refractivity contribution in [3.8, 4) is 6.07 Å². The lowest BCUT2D eigenvalue weighted by Crippen LogP contribution is -1.92. The Labute approximate surface area is 99.1 Å². The number of nitrogens with zero attached hydrogens (tertiary/aromatic N) is 1. The molecular formula is C9H3ClFNO2S2. The first-order chi connectivity index (χ1) is 7.45. The molecule has 0 radical (unpaired) electrons. The molecule has 1 aromatic carbocycles. The Bertz CT molecular complexity index is 715. The lowest BCUT2D eigenvalue weighted by molar-refractivity contribution is 0.608. The highest BCUT2D eigenvalue weighted by Gasteiger charge is 2.24. The van der Waals surface area contributed by atoms with Crippen molar-refractivity contribution in [2.75, 3.05) is 0 Å². The van der Waals surface area contributed by atoms with Crippen LogP contribution in [-0.4, -0.2) is 8.42 Å². The van der Waals surface area contributed by atoms with Crippen LogP contribution in [0.1, 0.15) is 4.88 Å². The maximum Gasteiger partial charge on any atom is 0.264 e. The number of rotatable bonds is 1. The number of thiophene rings is 1. The minimum Gasteiger partial charge on any atom is -0.207 e. The number of fused-ring (bicyclic) bond motifs is 1. The fourth-order valence-electron chi connectivity index (χ4n) is 1.39. The number of hydrogen-bond acceptors (Lipinski definition) is 4. The van der Waals surface area contributed by atoms with Crippen LogP contribution in [0.4, 0.5) is 4.39 Å². The second kappa shape index (κ2) is 3.70. The van der Waals surface area contributed by atoms with Gasteiger partial charge in [-0.3, -0.25) is 0 Å². The van der Waals surface area contributed by atoms with E-state index in [1.165, 1.54) is 12.1 Å². The van der Waals surface area contributed by atoms with Crippen LogP contribution in [-0.2, 0) is 9.05 Å². The lowest BCUT2D eigenvalue weighted by atomic mass is 10.2. The lowest BCUT2D eigenvalue weighted by Gasteiger charge is -1.95. The van der Waals surface area contributed by atoms with Gasteiger partial charge in [0, 0.05) is 20.8 Å². The van der Waals surface area contributed by atoms with Gasteiger partial charge < -0.3 is 0 Å². The Balaban J connectivity index is 3.06. The summed E-state index contributed by atoms with van der Waals surface area (Å²) in [6.07, 6.45) is 0. The van der Waals surface area contributed by atoms with Crippen LogP contribution in [0.25, 0.3) is 10.1 Å². The summed E-state index contributed by atoms with van der Waals surface area (Å²) in [7, 11) is 1.06. The molecule has 82 valence electrons. The smallest absolute Gasteiger partial charge is 0.207 e. The SMILES string of the molecule is N#Cc1sc2cccc(F)c2c1S(=O)(=O)Cl. The molecule has 0 saturated carbocycles. The summed E-state index contributed by atoms with van der Waals surface area (Å²) in [6, 6.07) is 5.82. The number of nitriles is 1. The van der Waals surface area contributed by atoms with Crippen molar-refractivity contribution in [1.29, 1.82) is 5.26 Å². The molecule has 2 aromatic rings. The molecule has 0 aliphatic carbocycles. The molecule has 0 bridgehead atoms. The largest absolute Gasteiger partial charge is 0.264 e. The Kier molecular flexibility index (Phi) is 2.62.